The van der Waals surface area contributed by atoms with Crippen LogP contribution in [0.2, 0.25) is 0 Å². The predicted molar refractivity (Wildman–Crippen MR) is 72.0 cm³/mol. The van der Waals surface area contributed by atoms with E-state index in [1.54, 1.807) is 29.1 Å². The van der Waals surface area contributed by atoms with Gasteiger partial charge in [-0.1, -0.05) is 12.1 Å². The van der Waals surface area contributed by atoms with Crippen LogP contribution in [-0.4, -0.2) is 10.4 Å². The summed E-state index contributed by atoms with van der Waals surface area (Å²) in [5.74, 6) is 0.284. The molecule has 0 amide bonds. The Morgan fingerprint density at radius 1 is 1.24 bits per heavy atom. The number of aromatic nitrogens is 1. The third-order valence-electron chi connectivity index (χ3n) is 3.60. The molecule has 0 N–H and O–H groups in total. The van der Waals surface area contributed by atoms with E-state index in [0.717, 1.165) is 25.0 Å². The predicted octanol–water partition coefficient (Wildman–Crippen LogP) is 4.15. The SMILES string of the molecule is O=C(c1ccn(Cc2cccc(C(F)(F)F)c2)c1)C1CC1. The van der Waals surface area contributed by atoms with Gasteiger partial charge in [0.05, 0.1) is 5.56 Å². The summed E-state index contributed by atoms with van der Waals surface area (Å²) in [6.45, 7) is 0.321. The summed E-state index contributed by atoms with van der Waals surface area (Å²) in [5.41, 5.74) is 0.553. The van der Waals surface area contributed by atoms with E-state index in [1.165, 1.54) is 6.07 Å². The molecule has 0 aliphatic heterocycles. The van der Waals surface area contributed by atoms with E-state index in [9.17, 15) is 18.0 Å². The number of ketones is 1. The highest BCUT2D eigenvalue weighted by Crippen LogP contribution is 2.33. The molecule has 0 spiro atoms. The smallest absolute Gasteiger partial charge is 0.349 e. The Balaban J connectivity index is 1.76. The van der Waals surface area contributed by atoms with Crippen LogP contribution in [0.1, 0.15) is 34.3 Å². The number of hydrogen-bond donors (Lipinski definition) is 0. The van der Waals surface area contributed by atoms with Crippen molar-refractivity contribution in [3.05, 3.63) is 59.4 Å². The van der Waals surface area contributed by atoms with Crippen molar-refractivity contribution in [1.29, 1.82) is 0 Å². The van der Waals surface area contributed by atoms with Crippen LogP contribution in [0.4, 0.5) is 13.2 Å². The molecular formula is C16H14F3NO. The molecule has 21 heavy (non-hydrogen) atoms. The van der Waals surface area contributed by atoms with Gasteiger partial charge in [0.1, 0.15) is 0 Å². The summed E-state index contributed by atoms with van der Waals surface area (Å²) in [4.78, 5) is 11.9. The molecule has 2 aromatic rings. The van der Waals surface area contributed by atoms with Gasteiger partial charge in [-0.2, -0.15) is 13.2 Å². The average molecular weight is 293 g/mol. The van der Waals surface area contributed by atoms with Crippen molar-refractivity contribution >= 4 is 5.78 Å². The van der Waals surface area contributed by atoms with Crippen molar-refractivity contribution in [3.63, 3.8) is 0 Å². The first-order chi connectivity index (χ1) is 9.93. The lowest BCUT2D eigenvalue weighted by atomic mass is 10.1. The summed E-state index contributed by atoms with van der Waals surface area (Å²) >= 11 is 0. The van der Waals surface area contributed by atoms with Crippen LogP contribution in [0.5, 0.6) is 0 Å². The zero-order valence-corrected chi connectivity index (χ0v) is 11.2. The molecule has 1 heterocycles. The Morgan fingerprint density at radius 2 is 2.00 bits per heavy atom. The minimum absolute atomic E-state index is 0.137. The summed E-state index contributed by atoms with van der Waals surface area (Å²) in [5, 5.41) is 0. The van der Waals surface area contributed by atoms with Crippen molar-refractivity contribution < 1.29 is 18.0 Å². The molecule has 0 unspecified atom stereocenters. The molecule has 0 atom stereocenters. The number of Topliss-reactive ketones (excluding diaryl/α,β-unsaturated/α-hetero) is 1. The number of carbonyl (C=O) groups is 1. The zero-order chi connectivity index (χ0) is 15.0. The summed E-state index contributed by atoms with van der Waals surface area (Å²) < 4.78 is 39.7. The first-order valence-corrected chi connectivity index (χ1v) is 6.79. The second kappa shape index (κ2) is 5.06. The second-order valence-electron chi connectivity index (χ2n) is 5.41. The van der Waals surface area contributed by atoms with Crippen LogP contribution in [-0.2, 0) is 12.7 Å². The largest absolute Gasteiger partial charge is 0.416 e. The number of alkyl halides is 3. The van der Waals surface area contributed by atoms with Crippen molar-refractivity contribution in [2.45, 2.75) is 25.6 Å². The Kier molecular flexibility index (Phi) is 3.35. The molecule has 0 bridgehead atoms. The lowest BCUT2D eigenvalue weighted by Gasteiger charge is -2.09. The third kappa shape index (κ3) is 3.17. The fourth-order valence-electron chi connectivity index (χ4n) is 2.32. The molecule has 2 nitrogen and oxygen atoms in total. The van der Waals surface area contributed by atoms with Gasteiger partial charge in [-0.25, -0.2) is 0 Å². The zero-order valence-electron chi connectivity index (χ0n) is 11.2. The molecular weight excluding hydrogens is 279 g/mol. The van der Waals surface area contributed by atoms with E-state index in [1.807, 2.05) is 0 Å². The minimum atomic E-state index is -4.33. The lowest BCUT2D eigenvalue weighted by molar-refractivity contribution is -0.137. The number of nitrogens with zero attached hydrogens (tertiary/aromatic N) is 1. The highest BCUT2D eigenvalue weighted by atomic mass is 19.4. The normalized spacial score (nSPS) is 15.2. The number of carbonyl (C=O) groups excluding carboxylic acids is 1. The lowest BCUT2D eigenvalue weighted by Crippen LogP contribution is -2.06. The molecule has 1 aliphatic carbocycles. The topological polar surface area (TPSA) is 22.0 Å². The van der Waals surface area contributed by atoms with Gasteiger partial charge in [-0.05, 0) is 36.6 Å². The average Bonchev–Trinajstić information content (AvgIpc) is 3.18. The fourth-order valence-corrected chi connectivity index (χ4v) is 2.32. The molecule has 0 radical (unpaired) electrons. The Morgan fingerprint density at radius 3 is 2.67 bits per heavy atom. The third-order valence-corrected chi connectivity index (χ3v) is 3.60. The number of hydrogen-bond acceptors (Lipinski definition) is 1. The first kappa shape index (κ1) is 13.9. The van der Waals surface area contributed by atoms with E-state index >= 15 is 0 Å². The maximum atomic E-state index is 12.7. The summed E-state index contributed by atoms with van der Waals surface area (Å²) in [6, 6.07) is 6.98. The van der Waals surface area contributed by atoms with Crippen LogP contribution >= 0.6 is 0 Å². The molecule has 1 aliphatic rings. The molecule has 110 valence electrons. The van der Waals surface area contributed by atoms with E-state index in [4.69, 9.17) is 0 Å². The molecule has 1 saturated carbocycles. The van der Waals surface area contributed by atoms with E-state index in [2.05, 4.69) is 0 Å². The molecule has 0 saturated heterocycles. The maximum Gasteiger partial charge on any atom is 0.416 e. The van der Waals surface area contributed by atoms with Crippen molar-refractivity contribution in [2.75, 3.05) is 0 Å². The Labute approximate surface area is 120 Å². The summed E-state index contributed by atoms with van der Waals surface area (Å²) in [7, 11) is 0. The van der Waals surface area contributed by atoms with Gasteiger partial charge in [0, 0.05) is 30.4 Å². The fraction of sp³-hybridized carbons (Fsp3) is 0.312. The van der Waals surface area contributed by atoms with Gasteiger partial charge in [-0.3, -0.25) is 4.79 Å². The molecule has 3 rings (SSSR count). The monoisotopic (exact) mass is 293 g/mol. The number of rotatable bonds is 4. The van der Waals surface area contributed by atoms with Gasteiger partial charge in [-0.15, -0.1) is 0 Å². The van der Waals surface area contributed by atoms with E-state index in [-0.39, 0.29) is 11.7 Å². The highest BCUT2D eigenvalue weighted by Gasteiger charge is 2.31. The summed E-state index contributed by atoms with van der Waals surface area (Å²) in [6.07, 6.45) is 0.992. The molecule has 1 fully saturated rings. The second-order valence-corrected chi connectivity index (χ2v) is 5.41. The molecule has 1 aromatic heterocycles. The highest BCUT2D eigenvalue weighted by molar-refractivity contribution is 5.99. The van der Waals surface area contributed by atoms with E-state index in [0.29, 0.717) is 17.7 Å². The van der Waals surface area contributed by atoms with Gasteiger partial charge in [0.15, 0.2) is 5.78 Å². The van der Waals surface area contributed by atoms with Crippen molar-refractivity contribution in [3.8, 4) is 0 Å². The maximum absolute atomic E-state index is 12.7. The Hall–Kier alpha value is -2.04. The molecule has 1 aromatic carbocycles. The van der Waals surface area contributed by atoms with Gasteiger partial charge in [0.2, 0.25) is 0 Å². The van der Waals surface area contributed by atoms with Crippen molar-refractivity contribution in [2.24, 2.45) is 5.92 Å². The van der Waals surface area contributed by atoms with Crippen LogP contribution in [0.3, 0.4) is 0 Å². The van der Waals surface area contributed by atoms with Gasteiger partial charge < -0.3 is 4.57 Å². The minimum Gasteiger partial charge on any atom is -0.349 e. The van der Waals surface area contributed by atoms with Crippen LogP contribution in [0.15, 0.2) is 42.7 Å². The van der Waals surface area contributed by atoms with Crippen molar-refractivity contribution in [1.82, 2.24) is 4.57 Å². The van der Waals surface area contributed by atoms with E-state index < -0.39 is 11.7 Å². The van der Waals surface area contributed by atoms with Gasteiger partial charge in [0.25, 0.3) is 0 Å². The van der Waals surface area contributed by atoms with Crippen LogP contribution in [0, 0.1) is 5.92 Å². The quantitative estimate of drug-likeness (QED) is 0.776. The van der Waals surface area contributed by atoms with Crippen LogP contribution < -0.4 is 0 Å². The standard InChI is InChI=1S/C16H14F3NO/c17-16(18,19)14-3-1-2-11(8-14)9-20-7-6-13(10-20)15(21)12-4-5-12/h1-3,6-8,10,12H,4-5,9H2. The van der Waals surface area contributed by atoms with Crippen LogP contribution in [0.25, 0.3) is 0 Å². The Bertz CT molecular complexity index is 668. The first-order valence-electron chi connectivity index (χ1n) is 6.79. The number of halogens is 3. The van der Waals surface area contributed by atoms with Gasteiger partial charge >= 0.3 is 6.18 Å². The molecule has 5 heteroatoms. The number of benzene rings is 1.